The number of urea groups is 1. The average Bonchev–Trinajstić information content (AvgIpc) is 2.81. The van der Waals surface area contributed by atoms with Crippen molar-refractivity contribution in [3.63, 3.8) is 0 Å². The first-order valence-electron chi connectivity index (χ1n) is 5.98. The number of aliphatic hydroxyl groups is 2. The number of quaternary nitrogens is 1. The normalized spacial score (nSPS) is 51.4. The summed E-state index contributed by atoms with van der Waals surface area (Å²) in [7, 11) is 0. The molecule has 0 radical (unpaired) electrons. The number of halogens is 1. The first kappa shape index (κ1) is 12.7. The van der Waals surface area contributed by atoms with Gasteiger partial charge in [0.2, 0.25) is 0 Å². The number of nitrogens with zero attached hydrogens (tertiary/aromatic N) is 1. The summed E-state index contributed by atoms with van der Waals surface area (Å²) < 4.78 is 19.4. The zero-order valence-electron chi connectivity index (χ0n) is 10.2. The SMILES string of the molecule is CC[C@]1(CO)O[C@@H]2[C@@](F)([C@@H]1O)[N+]21C=CC(=O)NC1=O. The number of alkyl halides is 1. The second kappa shape index (κ2) is 3.40. The summed E-state index contributed by atoms with van der Waals surface area (Å²) in [6, 6.07) is -0.873. The molecule has 3 aliphatic heterocycles. The molecular formula is C11H14FN2O5+. The van der Waals surface area contributed by atoms with Gasteiger partial charge in [0.05, 0.1) is 12.7 Å². The van der Waals surface area contributed by atoms with E-state index in [-0.39, 0.29) is 6.42 Å². The van der Waals surface area contributed by atoms with Crippen LogP contribution in [-0.2, 0) is 9.53 Å². The van der Waals surface area contributed by atoms with Gasteiger partial charge in [0.25, 0.3) is 5.91 Å². The third-order valence-corrected chi connectivity index (χ3v) is 4.34. The molecule has 19 heavy (non-hydrogen) atoms. The van der Waals surface area contributed by atoms with E-state index in [4.69, 9.17) is 4.74 Å². The Labute approximate surface area is 107 Å². The molecule has 0 aromatic carbocycles. The summed E-state index contributed by atoms with van der Waals surface area (Å²) in [5.74, 6) is -3.00. The largest absolute Gasteiger partial charge is 0.433 e. The van der Waals surface area contributed by atoms with Crippen LogP contribution in [0, 0.1) is 0 Å². The Morgan fingerprint density at radius 2 is 2.26 bits per heavy atom. The van der Waals surface area contributed by atoms with Gasteiger partial charge in [0, 0.05) is 0 Å². The van der Waals surface area contributed by atoms with Crippen molar-refractivity contribution in [2.24, 2.45) is 0 Å². The second-order valence-electron chi connectivity index (χ2n) is 5.06. The van der Waals surface area contributed by atoms with Crippen LogP contribution in [-0.4, -0.2) is 57.0 Å². The van der Waals surface area contributed by atoms with Gasteiger partial charge < -0.3 is 14.9 Å². The molecule has 3 heterocycles. The fourth-order valence-electron chi connectivity index (χ4n) is 3.01. The monoisotopic (exact) mass is 273 g/mol. The predicted octanol–water partition coefficient (Wildman–Crippen LogP) is -0.896. The minimum atomic E-state index is -2.36. The number of imide groups is 1. The summed E-state index contributed by atoms with van der Waals surface area (Å²) in [4.78, 5) is 22.9. The summed E-state index contributed by atoms with van der Waals surface area (Å²) in [5, 5.41) is 21.4. The van der Waals surface area contributed by atoms with E-state index in [2.05, 4.69) is 0 Å². The van der Waals surface area contributed by atoms with Gasteiger partial charge in [0.15, 0.2) is 6.10 Å². The van der Waals surface area contributed by atoms with E-state index < -0.39 is 46.8 Å². The fourth-order valence-corrected chi connectivity index (χ4v) is 3.01. The number of rotatable bonds is 2. The summed E-state index contributed by atoms with van der Waals surface area (Å²) in [6.07, 6.45) is -0.560. The number of ether oxygens (including phenoxy) is 1. The minimum Gasteiger partial charge on any atom is -0.393 e. The maximum Gasteiger partial charge on any atom is 0.433 e. The van der Waals surface area contributed by atoms with Crippen molar-refractivity contribution in [2.75, 3.05) is 6.61 Å². The fraction of sp³-hybridized carbons (Fsp3) is 0.636. The molecule has 3 aliphatic rings. The van der Waals surface area contributed by atoms with Crippen molar-refractivity contribution < 1.29 is 33.4 Å². The molecule has 3 amide bonds. The number of carbonyl (C=O) groups is 2. The number of carbonyl (C=O) groups excluding carboxylic acids is 2. The maximum atomic E-state index is 14.9. The van der Waals surface area contributed by atoms with Crippen molar-refractivity contribution >= 4 is 11.9 Å². The Morgan fingerprint density at radius 3 is 2.68 bits per heavy atom. The lowest BCUT2D eigenvalue weighted by Gasteiger charge is -2.33. The molecule has 1 spiro atoms. The predicted molar refractivity (Wildman–Crippen MR) is 57.8 cm³/mol. The van der Waals surface area contributed by atoms with E-state index >= 15 is 0 Å². The number of aliphatic hydroxyl groups excluding tert-OH is 2. The topological polar surface area (TPSA) is 95.9 Å². The van der Waals surface area contributed by atoms with E-state index in [1.807, 2.05) is 5.32 Å². The van der Waals surface area contributed by atoms with E-state index in [1.54, 1.807) is 6.92 Å². The molecule has 2 saturated heterocycles. The van der Waals surface area contributed by atoms with Crippen LogP contribution in [0.3, 0.4) is 0 Å². The molecule has 0 bridgehead atoms. The number of fused-ring (bicyclic) bond motifs is 3. The van der Waals surface area contributed by atoms with E-state index in [9.17, 15) is 24.2 Å². The number of hydrogen-bond acceptors (Lipinski definition) is 5. The molecule has 0 aromatic heterocycles. The molecule has 7 nitrogen and oxygen atoms in total. The van der Waals surface area contributed by atoms with E-state index in [1.165, 1.54) is 0 Å². The standard InChI is InChI=1S/C11H13FN2O5/c1-2-10(5-15)7(17)11(12)8(19-10)14(11)4-3-6(16)13-9(14)18/h3-4,7-8,15,17H,2,5H2,1H3/p+1/t7-,8-,10-,11-,14?/m1/s1. The van der Waals surface area contributed by atoms with Crippen LogP contribution < -0.4 is 5.32 Å². The molecule has 0 aromatic rings. The van der Waals surface area contributed by atoms with E-state index in [0.29, 0.717) is 0 Å². The molecule has 3 rings (SSSR count). The molecule has 5 atom stereocenters. The summed E-state index contributed by atoms with van der Waals surface area (Å²) >= 11 is 0. The van der Waals surface area contributed by atoms with Crippen LogP contribution >= 0.6 is 0 Å². The zero-order valence-corrected chi connectivity index (χ0v) is 10.2. The lowest BCUT2D eigenvalue weighted by molar-refractivity contribution is -0.748. The van der Waals surface area contributed by atoms with Gasteiger partial charge in [-0.25, -0.2) is 10.1 Å². The molecular weight excluding hydrogens is 259 g/mol. The Morgan fingerprint density at radius 1 is 1.58 bits per heavy atom. The maximum absolute atomic E-state index is 14.9. The van der Waals surface area contributed by atoms with Gasteiger partial charge in [-0.05, 0) is 6.42 Å². The van der Waals surface area contributed by atoms with E-state index in [0.717, 1.165) is 12.3 Å². The van der Waals surface area contributed by atoms with Crippen molar-refractivity contribution in [1.29, 1.82) is 0 Å². The Bertz CT molecular complexity index is 505. The van der Waals surface area contributed by atoms with Gasteiger partial charge in [0.1, 0.15) is 11.8 Å². The van der Waals surface area contributed by atoms with Gasteiger partial charge in [-0.1, -0.05) is 6.92 Å². The van der Waals surface area contributed by atoms with Gasteiger partial charge >= 0.3 is 18.1 Å². The smallest absolute Gasteiger partial charge is 0.393 e. The highest BCUT2D eigenvalue weighted by Gasteiger charge is 2.97. The third kappa shape index (κ3) is 1.11. The minimum absolute atomic E-state index is 0.205. The van der Waals surface area contributed by atoms with Crippen LogP contribution in [0.15, 0.2) is 12.3 Å². The highest BCUT2D eigenvalue weighted by Crippen LogP contribution is 2.64. The van der Waals surface area contributed by atoms with Crippen LogP contribution in [0.5, 0.6) is 0 Å². The molecule has 104 valence electrons. The molecule has 0 saturated carbocycles. The molecule has 1 unspecified atom stereocenters. The first-order valence-corrected chi connectivity index (χ1v) is 5.98. The third-order valence-electron chi connectivity index (χ3n) is 4.34. The van der Waals surface area contributed by atoms with Crippen molar-refractivity contribution in [2.45, 2.75) is 37.1 Å². The number of nitrogens with one attached hydrogen (secondary N) is 1. The van der Waals surface area contributed by atoms with Gasteiger partial charge in [-0.2, -0.15) is 4.39 Å². The van der Waals surface area contributed by atoms with Crippen LogP contribution in [0.2, 0.25) is 0 Å². The summed E-state index contributed by atoms with van der Waals surface area (Å²) in [6.45, 7) is 1.10. The van der Waals surface area contributed by atoms with Crippen molar-refractivity contribution in [3.05, 3.63) is 12.3 Å². The van der Waals surface area contributed by atoms with Crippen LogP contribution in [0.4, 0.5) is 9.18 Å². The lowest BCUT2D eigenvalue weighted by atomic mass is 9.93. The lowest BCUT2D eigenvalue weighted by Crippen LogP contribution is -2.59. The zero-order chi connectivity index (χ0) is 14.1. The highest BCUT2D eigenvalue weighted by atomic mass is 19.2. The average molecular weight is 273 g/mol. The highest BCUT2D eigenvalue weighted by molar-refractivity contribution is 6.00. The number of hydrogen-bond donors (Lipinski definition) is 3. The Kier molecular flexibility index (Phi) is 2.27. The van der Waals surface area contributed by atoms with Crippen LogP contribution in [0.25, 0.3) is 0 Å². The van der Waals surface area contributed by atoms with Gasteiger partial charge in [-0.3, -0.25) is 4.79 Å². The Balaban J connectivity index is 2.00. The second-order valence-corrected chi connectivity index (χ2v) is 5.06. The molecule has 2 fully saturated rings. The quantitative estimate of drug-likeness (QED) is 0.344. The van der Waals surface area contributed by atoms with Crippen molar-refractivity contribution in [3.8, 4) is 0 Å². The number of amides is 3. The first-order chi connectivity index (χ1) is 8.89. The molecule has 0 aliphatic carbocycles. The van der Waals surface area contributed by atoms with Gasteiger partial charge in [-0.15, -0.1) is 4.48 Å². The van der Waals surface area contributed by atoms with Crippen LogP contribution in [0.1, 0.15) is 13.3 Å². The molecule has 3 N–H and O–H groups in total. The van der Waals surface area contributed by atoms with Crippen molar-refractivity contribution in [1.82, 2.24) is 5.32 Å². The Hall–Kier alpha value is -1.35. The molecule has 8 heteroatoms. The summed E-state index contributed by atoms with van der Waals surface area (Å²) in [5.41, 5.74) is -1.40.